The number of hydrogen-bond donors (Lipinski definition) is 1. The van der Waals surface area contributed by atoms with Crippen molar-refractivity contribution in [2.45, 2.75) is 26.3 Å². The van der Waals surface area contributed by atoms with Crippen molar-refractivity contribution in [3.63, 3.8) is 0 Å². The van der Waals surface area contributed by atoms with Crippen LogP contribution in [0.2, 0.25) is 0 Å². The minimum atomic E-state index is -0.142. The van der Waals surface area contributed by atoms with Crippen LogP contribution in [0.1, 0.15) is 25.8 Å². The van der Waals surface area contributed by atoms with Gasteiger partial charge in [-0.1, -0.05) is 12.1 Å². The lowest BCUT2D eigenvalue weighted by atomic mass is 10.1. The van der Waals surface area contributed by atoms with Crippen LogP contribution in [-0.4, -0.2) is 24.7 Å². The Morgan fingerprint density at radius 3 is 2.52 bits per heavy atom. The fourth-order valence-electron chi connectivity index (χ4n) is 1.98. The Hall–Kier alpha value is -1.59. The molecule has 1 N–H and O–H groups in total. The van der Waals surface area contributed by atoms with Gasteiger partial charge in [-0.25, -0.2) is 4.98 Å². The number of para-hydroxylation sites is 2. The molecule has 0 radical (unpaired) electrons. The summed E-state index contributed by atoms with van der Waals surface area (Å²) in [5.74, 6) is 1.58. The smallest absolute Gasteiger partial charge is 0.161 e. The van der Waals surface area contributed by atoms with E-state index >= 15 is 0 Å². The minimum absolute atomic E-state index is 0.142. The van der Waals surface area contributed by atoms with Crippen LogP contribution in [0, 0.1) is 0 Å². The number of rotatable bonds is 8. The SMILES string of the molecule is CCOc1ccccc1OCCNC(C)(C)c1nccs1. The van der Waals surface area contributed by atoms with E-state index in [0.29, 0.717) is 13.2 Å². The first-order valence-corrected chi connectivity index (χ1v) is 8.01. The van der Waals surface area contributed by atoms with Gasteiger partial charge in [-0.15, -0.1) is 11.3 Å². The maximum atomic E-state index is 5.80. The molecule has 1 aromatic heterocycles. The molecule has 1 aromatic carbocycles. The molecule has 2 aromatic rings. The summed E-state index contributed by atoms with van der Waals surface area (Å²) in [5, 5.41) is 6.54. The van der Waals surface area contributed by atoms with E-state index in [0.717, 1.165) is 23.1 Å². The summed E-state index contributed by atoms with van der Waals surface area (Å²) in [4.78, 5) is 4.36. The second kappa shape index (κ2) is 7.43. The number of hydrogen-bond acceptors (Lipinski definition) is 5. The summed E-state index contributed by atoms with van der Waals surface area (Å²) < 4.78 is 11.3. The monoisotopic (exact) mass is 306 g/mol. The number of nitrogens with zero attached hydrogens (tertiary/aromatic N) is 1. The van der Waals surface area contributed by atoms with Gasteiger partial charge in [-0.2, -0.15) is 0 Å². The van der Waals surface area contributed by atoms with Crippen molar-refractivity contribution in [2.24, 2.45) is 0 Å². The van der Waals surface area contributed by atoms with Gasteiger partial charge in [-0.3, -0.25) is 0 Å². The zero-order chi connectivity index (χ0) is 15.1. The zero-order valence-electron chi connectivity index (χ0n) is 12.8. The fourth-order valence-corrected chi connectivity index (χ4v) is 2.72. The largest absolute Gasteiger partial charge is 0.490 e. The Kier molecular flexibility index (Phi) is 5.59. The van der Waals surface area contributed by atoms with Crippen molar-refractivity contribution in [3.8, 4) is 11.5 Å². The van der Waals surface area contributed by atoms with Gasteiger partial charge >= 0.3 is 0 Å². The highest BCUT2D eigenvalue weighted by Gasteiger charge is 2.22. The molecule has 0 spiro atoms. The molecule has 0 amide bonds. The van der Waals surface area contributed by atoms with Crippen LogP contribution in [0.15, 0.2) is 35.8 Å². The van der Waals surface area contributed by atoms with E-state index in [1.54, 1.807) is 11.3 Å². The number of thiazole rings is 1. The van der Waals surface area contributed by atoms with E-state index in [2.05, 4.69) is 24.1 Å². The second-order valence-corrected chi connectivity index (χ2v) is 6.01. The summed E-state index contributed by atoms with van der Waals surface area (Å²) in [6, 6.07) is 7.75. The molecule has 5 heteroatoms. The third kappa shape index (κ3) is 4.44. The molecule has 4 nitrogen and oxygen atoms in total. The number of ether oxygens (including phenoxy) is 2. The molecule has 2 rings (SSSR count). The predicted molar refractivity (Wildman–Crippen MR) is 86.2 cm³/mol. The zero-order valence-corrected chi connectivity index (χ0v) is 13.6. The average Bonchev–Trinajstić information content (AvgIpc) is 3.00. The Balaban J connectivity index is 1.82. The maximum absolute atomic E-state index is 5.80. The fraction of sp³-hybridized carbons (Fsp3) is 0.438. The van der Waals surface area contributed by atoms with Gasteiger partial charge in [0.05, 0.1) is 12.1 Å². The Morgan fingerprint density at radius 2 is 1.90 bits per heavy atom. The molecule has 21 heavy (non-hydrogen) atoms. The van der Waals surface area contributed by atoms with Crippen LogP contribution in [0.5, 0.6) is 11.5 Å². The molecule has 0 saturated heterocycles. The van der Waals surface area contributed by atoms with E-state index in [1.807, 2.05) is 42.8 Å². The third-order valence-electron chi connectivity index (χ3n) is 3.04. The first-order chi connectivity index (χ1) is 10.1. The Bertz CT molecular complexity index is 541. The van der Waals surface area contributed by atoms with E-state index in [-0.39, 0.29) is 5.54 Å². The van der Waals surface area contributed by atoms with Crippen LogP contribution >= 0.6 is 11.3 Å². The molecular weight excluding hydrogens is 284 g/mol. The Labute approximate surface area is 130 Å². The van der Waals surface area contributed by atoms with Crippen molar-refractivity contribution < 1.29 is 9.47 Å². The summed E-state index contributed by atoms with van der Waals surface area (Å²) >= 11 is 1.66. The van der Waals surface area contributed by atoms with Crippen LogP contribution in [0.3, 0.4) is 0 Å². The molecule has 0 fully saturated rings. The standard InChI is InChI=1S/C16H22N2O2S/c1-4-19-13-7-5-6-8-14(13)20-11-9-18-16(2,3)15-17-10-12-21-15/h5-8,10,12,18H,4,9,11H2,1-3H3. The lowest BCUT2D eigenvalue weighted by Crippen LogP contribution is -2.38. The topological polar surface area (TPSA) is 43.4 Å². The van der Waals surface area contributed by atoms with Gasteiger partial charge in [0.2, 0.25) is 0 Å². The second-order valence-electron chi connectivity index (χ2n) is 5.12. The third-order valence-corrected chi connectivity index (χ3v) is 4.14. The van der Waals surface area contributed by atoms with Crippen LogP contribution in [0.25, 0.3) is 0 Å². The van der Waals surface area contributed by atoms with Crippen LogP contribution in [-0.2, 0) is 5.54 Å². The molecule has 114 valence electrons. The van der Waals surface area contributed by atoms with E-state index < -0.39 is 0 Å². The van der Waals surface area contributed by atoms with Crippen LogP contribution in [0.4, 0.5) is 0 Å². The molecular formula is C16H22N2O2S. The van der Waals surface area contributed by atoms with Crippen molar-refractivity contribution in [2.75, 3.05) is 19.8 Å². The summed E-state index contributed by atoms with van der Waals surface area (Å²) in [6.07, 6.45) is 1.83. The number of benzene rings is 1. The first-order valence-electron chi connectivity index (χ1n) is 7.13. The summed E-state index contributed by atoms with van der Waals surface area (Å²) in [6.45, 7) is 8.18. The molecule has 0 aliphatic carbocycles. The molecule has 1 heterocycles. The van der Waals surface area contributed by atoms with Gasteiger partial charge in [0.15, 0.2) is 11.5 Å². The first kappa shape index (κ1) is 15.8. The van der Waals surface area contributed by atoms with Crippen molar-refractivity contribution in [1.82, 2.24) is 10.3 Å². The van der Waals surface area contributed by atoms with Gasteiger partial charge < -0.3 is 14.8 Å². The van der Waals surface area contributed by atoms with E-state index in [9.17, 15) is 0 Å². The van der Waals surface area contributed by atoms with E-state index in [4.69, 9.17) is 9.47 Å². The van der Waals surface area contributed by atoms with Gasteiger partial charge in [-0.05, 0) is 32.9 Å². The highest BCUT2D eigenvalue weighted by Crippen LogP contribution is 2.26. The van der Waals surface area contributed by atoms with Gasteiger partial charge in [0, 0.05) is 18.1 Å². The minimum Gasteiger partial charge on any atom is -0.490 e. The van der Waals surface area contributed by atoms with Gasteiger partial charge in [0.1, 0.15) is 11.6 Å². The molecule has 0 saturated carbocycles. The average molecular weight is 306 g/mol. The highest BCUT2D eigenvalue weighted by molar-refractivity contribution is 7.09. The quantitative estimate of drug-likeness (QED) is 0.759. The Morgan fingerprint density at radius 1 is 1.19 bits per heavy atom. The molecule has 0 atom stereocenters. The number of nitrogens with one attached hydrogen (secondary N) is 1. The molecule has 0 bridgehead atoms. The summed E-state index contributed by atoms with van der Waals surface area (Å²) in [7, 11) is 0. The maximum Gasteiger partial charge on any atom is 0.161 e. The van der Waals surface area contributed by atoms with Crippen molar-refractivity contribution >= 4 is 11.3 Å². The van der Waals surface area contributed by atoms with Gasteiger partial charge in [0.25, 0.3) is 0 Å². The highest BCUT2D eigenvalue weighted by atomic mass is 32.1. The lowest BCUT2D eigenvalue weighted by Gasteiger charge is -2.24. The lowest BCUT2D eigenvalue weighted by molar-refractivity contribution is 0.261. The summed E-state index contributed by atoms with van der Waals surface area (Å²) in [5.41, 5.74) is -0.142. The normalized spacial score (nSPS) is 11.4. The predicted octanol–water partition coefficient (Wildman–Crippen LogP) is 3.45. The van der Waals surface area contributed by atoms with Crippen molar-refractivity contribution in [1.29, 1.82) is 0 Å². The van der Waals surface area contributed by atoms with E-state index in [1.165, 1.54) is 0 Å². The molecule has 0 unspecified atom stereocenters. The number of aromatic nitrogens is 1. The van der Waals surface area contributed by atoms with Crippen LogP contribution < -0.4 is 14.8 Å². The molecule has 0 aliphatic rings. The molecule has 0 aliphatic heterocycles. The van der Waals surface area contributed by atoms with Crippen molar-refractivity contribution in [3.05, 3.63) is 40.8 Å².